The van der Waals surface area contributed by atoms with Crippen LogP contribution >= 0.6 is 0 Å². The fourth-order valence-electron chi connectivity index (χ4n) is 4.42. The van der Waals surface area contributed by atoms with Crippen molar-refractivity contribution in [1.82, 2.24) is 0 Å². The number of rotatable bonds is 5. The molecular weight excluding hydrogens is 352 g/mol. The minimum absolute atomic E-state index is 0.125. The van der Waals surface area contributed by atoms with Gasteiger partial charge in [0.05, 0.1) is 5.56 Å². The number of hydrogen-bond donors (Lipinski definition) is 0. The van der Waals surface area contributed by atoms with Gasteiger partial charge in [0, 0.05) is 6.07 Å². The Morgan fingerprint density at radius 3 is 1.93 bits per heavy atom. The topological polar surface area (TPSA) is 0 Å². The van der Waals surface area contributed by atoms with Gasteiger partial charge in [-0.3, -0.25) is 0 Å². The summed E-state index contributed by atoms with van der Waals surface area (Å²) in [4.78, 5) is 0. The minimum atomic E-state index is -0.857. The highest BCUT2D eigenvalue weighted by Gasteiger charge is 2.25. The van der Waals surface area contributed by atoms with E-state index < -0.39 is 23.3 Å². The summed E-state index contributed by atoms with van der Waals surface area (Å²) < 4.78 is 55.9. The molecule has 1 fully saturated rings. The molecule has 0 aromatic heterocycles. The van der Waals surface area contributed by atoms with Crippen LogP contribution in [-0.2, 0) is 6.42 Å². The van der Waals surface area contributed by atoms with Crippen LogP contribution in [0.2, 0.25) is 0 Å². The summed E-state index contributed by atoms with van der Waals surface area (Å²) in [6, 6.07) is 5.17. The lowest BCUT2D eigenvalue weighted by Crippen LogP contribution is -2.21. The summed E-state index contributed by atoms with van der Waals surface area (Å²) in [6.45, 7) is 4.37. The minimum Gasteiger partial charge on any atom is -0.207 e. The summed E-state index contributed by atoms with van der Waals surface area (Å²) in [5.41, 5.74) is 0.0870. The molecule has 0 N–H and O–H groups in total. The van der Waals surface area contributed by atoms with Gasteiger partial charge in [-0.15, -0.1) is 0 Å². The molecule has 1 aliphatic rings. The van der Waals surface area contributed by atoms with Crippen LogP contribution in [0.5, 0.6) is 0 Å². The van der Waals surface area contributed by atoms with Crippen molar-refractivity contribution >= 4 is 0 Å². The molecule has 1 saturated carbocycles. The Morgan fingerprint density at radius 1 is 0.852 bits per heavy atom. The SMILES string of the molecule is CCC1CCC(C(C)Cc2cc(F)c(-c3cc(F)cc(F)c3)c(F)c2)CC1. The maximum atomic E-state index is 14.6. The fourth-order valence-corrected chi connectivity index (χ4v) is 4.42. The van der Waals surface area contributed by atoms with E-state index in [-0.39, 0.29) is 11.1 Å². The molecule has 0 amide bonds. The average Bonchev–Trinajstić information content (AvgIpc) is 2.60. The molecular formula is C23H26F4. The molecule has 4 heteroatoms. The lowest BCUT2D eigenvalue weighted by atomic mass is 9.74. The van der Waals surface area contributed by atoms with Gasteiger partial charge in [0.1, 0.15) is 23.3 Å². The first-order valence-electron chi connectivity index (χ1n) is 9.81. The number of hydrogen-bond acceptors (Lipinski definition) is 0. The third-order valence-electron chi connectivity index (χ3n) is 6.08. The Balaban J connectivity index is 1.76. The van der Waals surface area contributed by atoms with Gasteiger partial charge in [-0.1, -0.05) is 33.1 Å². The van der Waals surface area contributed by atoms with Crippen molar-refractivity contribution in [3.63, 3.8) is 0 Å². The smallest absolute Gasteiger partial charge is 0.134 e. The van der Waals surface area contributed by atoms with Crippen LogP contribution < -0.4 is 0 Å². The molecule has 146 valence electrons. The zero-order valence-corrected chi connectivity index (χ0v) is 15.9. The lowest BCUT2D eigenvalue weighted by Gasteiger charge is -2.32. The second-order valence-electron chi connectivity index (χ2n) is 7.96. The zero-order valence-electron chi connectivity index (χ0n) is 15.9. The van der Waals surface area contributed by atoms with Crippen molar-refractivity contribution in [2.24, 2.45) is 17.8 Å². The summed E-state index contributed by atoms with van der Waals surface area (Å²) >= 11 is 0. The summed E-state index contributed by atoms with van der Waals surface area (Å²) in [7, 11) is 0. The van der Waals surface area contributed by atoms with Crippen LogP contribution in [-0.4, -0.2) is 0 Å². The van der Waals surface area contributed by atoms with Crippen molar-refractivity contribution in [2.75, 3.05) is 0 Å². The first kappa shape index (κ1) is 19.9. The molecule has 0 heterocycles. The van der Waals surface area contributed by atoms with E-state index in [0.29, 0.717) is 29.9 Å². The second kappa shape index (κ2) is 8.45. The fraction of sp³-hybridized carbons (Fsp3) is 0.478. The third-order valence-corrected chi connectivity index (χ3v) is 6.08. The van der Waals surface area contributed by atoms with Crippen molar-refractivity contribution in [1.29, 1.82) is 0 Å². The molecule has 3 rings (SSSR count). The Bertz CT molecular complexity index is 748. The van der Waals surface area contributed by atoms with Gasteiger partial charge >= 0.3 is 0 Å². The molecule has 0 spiro atoms. The van der Waals surface area contributed by atoms with E-state index in [4.69, 9.17) is 0 Å². The van der Waals surface area contributed by atoms with Gasteiger partial charge < -0.3 is 0 Å². The van der Waals surface area contributed by atoms with Crippen molar-refractivity contribution in [3.8, 4) is 11.1 Å². The second-order valence-corrected chi connectivity index (χ2v) is 7.96. The molecule has 1 aliphatic carbocycles. The van der Waals surface area contributed by atoms with E-state index >= 15 is 0 Å². The third kappa shape index (κ3) is 4.72. The molecule has 0 radical (unpaired) electrons. The normalized spacial score (nSPS) is 21.3. The predicted molar refractivity (Wildman–Crippen MR) is 100 cm³/mol. The lowest BCUT2D eigenvalue weighted by molar-refractivity contribution is 0.210. The molecule has 27 heavy (non-hydrogen) atoms. The van der Waals surface area contributed by atoms with E-state index in [2.05, 4.69) is 13.8 Å². The van der Waals surface area contributed by atoms with Crippen LogP contribution in [0.15, 0.2) is 30.3 Å². The van der Waals surface area contributed by atoms with Crippen LogP contribution in [0, 0.1) is 41.0 Å². The average molecular weight is 378 g/mol. The maximum Gasteiger partial charge on any atom is 0.134 e. The summed E-state index contributed by atoms with van der Waals surface area (Å²) in [6.07, 6.45) is 6.64. The van der Waals surface area contributed by atoms with Gasteiger partial charge in [-0.2, -0.15) is 0 Å². The Hall–Kier alpha value is -1.84. The highest BCUT2D eigenvalue weighted by Crippen LogP contribution is 2.36. The molecule has 0 bridgehead atoms. The van der Waals surface area contributed by atoms with Crippen LogP contribution in [0.4, 0.5) is 17.6 Å². The molecule has 2 aromatic carbocycles. The molecule has 0 aliphatic heterocycles. The number of halogens is 4. The summed E-state index contributed by atoms with van der Waals surface area (Å²) in [5, 5.41) is 0. The Morgan fingerprint density at radius 2 is 1.41 bits per heavy atom. The van der Waals surface area contributed by atoms with E-state index in [0.717, 1.165) is 18.1 Å². The first-order chi connectivity index (χ1) is 12.9. The van der Waals surface area contributed by atoms with Crippen molar-refractivity contribution in [2.45, 2.75) is 52.4 Å². The molecule has 1 atom stereocenters. The van der Waals surface area contributed by atoms with Gasteiger partial charge in [0.15, 0.2) is 0 Å². The quantitative estimate of drug-likeness (QED) is 0.479. The summed E-state index contributed by atoms with van der Waals surface area (Å²) in [5.74, 6) is -1.54. The van der Waals surface area contributed by atoms with Crippen molar-refractivity contribution < 1.29 is 17.6 Å². The van der Waals surface area contributed by atoms with Gasteiger partial charge in [0.2, 0.25) is 0 Å². The van der Waals surface area contributed by atoms with Crippen LogP contribution in [0.25, 0.3) is 11.1 Å². The molecule has 1 unspecified atom stereocenters. The highest BCUT2D eigenvalue weighted by molar-refractivity contribution is 5.65. The van der Waals surface area contributed by atoms with Crippen LogP contribution in [0.1, 0.15) is 51.5 Å². The van der Waals surface area contributed by atoms with E-state index in [9.17, 15) is 17.6 Å². The number of benzene rings is 2. The van der Waals surface area contributed by atoms with Crippen molar-refractivity contribution in [3.05, 3.63) is 59.2 Å². The standard InChI is InChI=1S/C23H26F4/c1-3-15-4-6-17(7-5-15)14(2)8-16-9-21(26)23(22(27)10-16)18-11-19(24)13-20(25)12-18/h9-15,17H,3-8H2,1-2H3. The largest absolute Gasteiger partial charge is 0.207 e. The highest BCUT2D eigenvalue weighted by atomic mass is 19.1. The van der Waals surface area contributed by atoms with Gasteiger partial charge in [0.25, 0.3) is 0 Å². The maximum absolute atomic E-state index is 14.6. The predicted octanol–water partition coefficient (Wildman–Crippen LogP) is 7.31. The van der Waals surface area contributed by atoms with Gasteiger partial charge in [-0.05, 0) is 72.4 Å². The van der Waals surface area contributed by atoms with Gasteiger partial charge in [-0.25, -0.2) is 17.6 Å². The van der Waals surface area contributed by atoms with E-state index in [1.54, 1.807) is 0 Å². The van der Waals surface area contributed by atoms with E-state index in [1.165, 1.54) is 44.2 Å². The monoisotopic (exact) mass is 378 g/mol. The first-order valence-corrected chi connectivity index (χ1v) is 9.81. The van der Waals surface area contributed by atoms with Crippen LogP contribution in [0.3, 0.4) is 0 Å². The molecule has 2 aromatic rings. The Labute approximate surface area is 158 Å². The zero-order chi connectivity index (χ0) is 19.6. The molecule has 0 saturated heterocycles. The van der Waals surface area contributed by atoms with E-state index in [1.807, 2.05) is 0 Å². The Kier molecular flexibility index (Phi) is 6.23. The molecule has 0 nitrogen and oxygen atoms in total.